The van der Waals surface area contributed by atoms with Crippen LogP contribution in [-0.4, -0.2) is 6.03 Å². The van der Waals surface area contributed by atoms with Crippen LogP contribution in [0.15, 0.2) is 78.2 Å². The first-order chi connectivity index (χ1) is 11.3. The van der Waals surface area contributed by atoms with Crippen LogP contribution in [0, 0.1) is 0 Å². The lowest BCUT2D eigenvalue weighted by atomic mass is 10.1. The van der Waals surface area contributed by atoms with Crippen LogP contribution in [0.4, 0.5) is 4.79 Å². The van der Waals surface area contributed by atoms with E-state index in [9.17, 15) is 4.79 Å². The van der Waals surface area contributed by atoms with Crippen LogP contribution in [0.5, 0.6) is 0 Å². The van der Waals surface area contributed by atoms with E-state index in [1.807, 2.05) is 78.2 Å². The molecule has 0 saturated carbocycles. The summed E-state index contributed by atoms with van der Waals surface area (Å²) in [7, 11) is 0. The Morgan fingerprint density at radius 3 is 2.26 bits per heavy atom. The molecule has 0 aliphatic carbocycles. The maximum Gasteiger partial charge on any atom is 0.315 e. The lowest BCUT2D eigenvalue weighted by molar-refractivity contribution is 0.238. The van der Waals surface area contributed by atoms with E-state index in [4.69, 9.17) is 0 Å². The van der Waals surface area contributed by atoms with Crippen molar-refractivity contribution >= 4 is 17.4 Å². The summed E-state index contributed by atoms with van der Waals surface area (Å²) in [6, 6.07) is 23.6. The van der Waals surface area contributed by atoms with E-state index in [1.165, 1.54) is 0 Å². The molecule has 0 radical (unpaired) electrons. The average molecular weight is 322 g/mol. The molecule has 1 aromatic heterocycles. The predicted octanol–water partition coefficient (Wildman–Crippen LogP) is 4.34. The smallest absolute Gasteiger partial charge is 0.315 e. The minimum Gasteiger partial charge on any atom is -0.334 e. The minimum absolute atomic E-state index is 0.132. The highest BCUT2D eigenvalue weighted by Crippen LogP contribution is 2.25. The highest BCUT2D eigenvalue weighted by molar-refractivity contribution is 7.10. The van der Waals surface area contributed by atoms with Gasteiger partial charge >= 0.3 is 6.03 Å². The largest absolute Gasteiger partial charge is 0.334 e. The zero-order valence-corrected chi connectivity index (χ0v) is 13.4. The Balaban J connectivity index is 1.68. The van der Waals surface area contributed by atoms with Gasteiger partial charge in [-0.1, -0.05) is 66.7 Å². The van der Waals surface area contributed by atoms with Gasteiger partial charge in [-0.05, 0) is 22.6 Å². The third-order valence-electron chi connectivity index (χ3n) is 3.53. The lowest BCUT2D eigenvalue weighted by Gasteiger charge is -2.18. The van der Waals surface area contributed by atoms with Crippen molar-refractivity contribution < 1.29 is 4.79 Å². The summed E-state index contributed by atoms with van der Waals surface area (Å²) in [4.78, 5) is 13.4. The van der Waals surface area contributed by atoms with Crippen molar-refractivity contribution in [3.05, 3.63) is 94.2 Å². The summed E-state index contributed by atoms with van der Waals surface area (Å²) in [6.07, 6.45) is 0. The van der Waals surface area contributed by atoms with E-state index in [0.717, 1.165) is 16.0 Å². The highest BCUT2D eigenvalue weighted by atomic mass is 32.1. The van der Waals surface area contributed by atoms with E-state index >= 15 is 0 Å². The van der Waals surface area contributed by atoms with Gasteiger partial charge in [0.25, 0.3) is 0 Å². The molecule has 4 heteroatoms. The van der Waals surface area contributed by atoms with Gasteiger partial charge < -0.3 is 10.6 Å². The van der Waals surface area contributed by atoms with Gasteiger partial charge in [-0.25, -0.2) is 4.79 Å². The Labute approximate surface area is 140 Å². The second kappa shape index (κ2) is 7.61. The first-order valence-corrected chi connectivity index (χ1v) is 8.37. The SMILES string of the molecule is O=C(NCc1ccccc1)N[C@@H](c1ccccc1)c1cccs1. The van der Waals surface area contributed by atoms with Crippen LogP contribution in [0.3, 0.4) is 0 Å². The molecule has 0 aliphatic heterocycles. The van der Waals surface area contributed by atoms with E-state index < -0.39 is 0 Å². The third-order valence-corrected chi connectivity index (χ3v) is 4.47. The van der Waals surface area contributed by atoms with Crippen molar-refractivity contribution in [2.45, 2.75) is 12.6 Å². The molecule has 1 atom stereocenters. The standard InChI is InChI=1S/C19H18N2OS/c22-19(20-14-15-8-3-1-4-9-15)21-18(17-12-7-13-23-17)16-10-5-2-6-11-16/h1-13,18H,14H2,(H2,20,21,22)/t18-/m0/s1. The number of carbonyl (C=O) groups excluding carboxylic acids is 1. The van der Waals surface area contributed by atoms with Gasteiger partial charge in [-0.2, -0.15) is 0 Å². The van der Waals surface area contributed by atoms with Gasteiger partial charge in [0, 0.05) is 11.4 Å². The van der Waals surface area contributed by atoms with Gasteiger partial charge in [0.05, 0.1) is 6.04 Å². The van der Waals surface area contributed by atoms with Crippen LogP contribution in [0.1, 0.15) is 22.0 Å². The molecule has 2 aromatic carbocycles. The molecule has 3 rings (SSSR count). The minimum atomic E-state index is -0.170. The number of hydrogen-bond donors (Lipinski definition) is 2. The normalized spacial score (nSPS) is 11.7. The van der Waals surface area contributed by atoms with Crippen molar-refractivity contribution in [3.8, 4) is 0 Å². The summed E-state index contributed by atoms with van der Waals surface area (Å²) in [5.74, 6) is 0. The first kappa shape index (κ1) is 15.3. The maximum atomic E-state index is 12.3. The summed E-state index contributed by atoms with van der Waals surface area (Å²) >= 11 is 1.64. The molecule has 3 nitrogen and oxygen atoms in total. The molecule has 1 heterocycles. The fourth-order valence-corrected chi connectivity index (χ4v) is 3.18. The van der Waals surface area contributed by atoms with Crippen molar-refractivity contribution in [2.75, 3.05) is 0 Å². The zero-order valence-electron chi connectivity index (χ0n) is 12.6. The molecule has 0 saturated heterocycles. The van der Waals surface area contributed by atoms with E-state index in [0.29, 0.717) is 6.54 Å². The molecular weight excluding hydrogens is 304 g/mol. The molecule has 0 fully saturated rings. The van der Waals surface area contributed by atoms with Crippen molar-refractivity contribution in [1.82, 2.24) is 10.6 Å². The predicted molar refractivity (Wildman–Crippen MR) is 94.4 cm³/mol. The van der Waals surface area contributed by atoms with Crippen LogP contribution >= 0.6 is 11.3 Å². The molecule has 0 bridgehead atoms. The molecule has 2 amide bonds. The second-order valence-corrected chi connectivity index (χ2v) is 6.15. The third kappa shape index (κ3) is 4.20. The van der Waals surface area contributed by atoms with Crippen molar-refractivity contribution in [1.29, 1.82) is 0 Å². The molecule has 116 valence electrons. The molecule has 2 N–H and O–H groups in total. The molecule has 23 heavy (non-hydrogen) atoms. The van der Waals surface area contributed by atoms with Crippen molar-refractivity contribution in [3.63, 3.8) is 0 Å². The highest BCUT2D eigenvalue weighted by Gasteiger charge is 2.17. The monoisotopic (exact) mass is 322 g/mol. The topological polar surface area (TPSA) is 41.1 Å². The fraction of sp³-hybridized carbons (Fsp3) is 0.105. The summed E-state index contributed by atoms with van der Waals surface area (Å²) in [6.45, 7) is 0.513. The Morgan fingerprint density at radius 1 is 0.913 bits per heavy atom. The van der Waals surface area contributed by atoms with Crippen LogP contribution in [-0.2, 0) is 6.54 Å². The number of hydrogen-bond acceptors (Lipinski definition) is 2. The van der Waals surface area contributed by atoms with Crippen LogP contribution in [0.25, 0.3) is 0 Å². The van der Waals surface area contributed by atoms with E-state index in [1.54, 1.807) is 11.3 Å². The quantitative estimate of drug-likeness (QED) is 0.721. The second-order valence-electron chi connectivity index (χ2n) is 5.17. The van der Waals surface area contributed by atoms with Crippen molar-refractivity contribution in [2.24, 2.45) is 0 Å². The van der Waals surface area contributed by atoms with Gasteiger partial charge in [0.15, 0.2) is 0 Å². The number of rotatable bonds is 5. The maximum absolute atomic E-state index is 12.3. The summed E-state index contributed by atoms with van der Waals surface area (Å²) in [5.41, 5.74) is 2.15. The summed E-state index contributed by atoms with van der Waals surface area (Å²) < 4.78 is 0. The lowest BCUT2D eigenvalue weighted by Crippen LogP contribution is -2.37. The van der Waals surface area contributed by atoms with E-state index in [-0.39, 0.29) is 12.1 Å². The van der Waals surface area contributed by atoms with Gasteiger partial charge in [0.2, 0.25) is 0 Å². The van der Waals surface area contributed by atoms with E-state index in [2.05, 4.69) is 10.6 Å². The number of amides is 2. The Morgan fingerprint density at radius 2 is 1.61 bits per heavy atom. The fourth-order valence-electron chi connectivity index (χ4n) is 2.38. The van der Waals surface area contributed by atoms with Crippen LogP contribution < -0.4 is 10.6 Å². The molecule has 0 unspecified atom stereocenters. The molecule has 3 aromatic rings. The summed E-state index contributed by atoms with van der Waals surface area (Å²) in [5, 5.41) is 8.00. The molecule has 0 spiro atoms. The molecular formula is C19H18N2OS. The first-order valence-electron chi connectivity index (χ1n) is 7.49. The van der Waals surface area contributed by atoms with Gasteiger partial charge in [0.1, 0.15) is 0 Å². The molecule has 0 aliphatic rings. The number of benzene rings is 2. The Bertz CT molecular complexity index is 727. The van der Waals surface area contributed by atoms with Gasteiger partial charge in [-0.15, -0.1) is 11.3 Å². The number of urea groups is 1. The Hall–Kier alpha value is -2.59. The number of nitrogens with one attached hydrogen (secondary N) is 2. The Kier molecular flexibility index (Phi) is 5.06. The van der Waals surface area contributed by atoms with Gasteiger partial charge in [-0.3, -0.25) is 0 Å². The van der Waals surface area contributed by atoms with Crippen LogP contribution in [0.2, 0.25) is 0 Å². The zero-order chi connectivity index (χ0) is 15.9. The number of carbonyl (C=O) groups is 1. The number of thiophene rings is 1. The average Bonchev–Trinajstić information content (AvgIpc) is 3.14.